The third-order valence-electron chi connectivity index (χ3n) is 3.69. The summed E-state index contributed by atoms with van der Waals surface area (Å²) in [6.07, 6.45) is 2.01. The Hall–Kier alpha value is -0.290. The van der Waals surface area contributed by atoms with Crippen LogP contribution in [0.1, 0.15) is 46.0 Å². The van der Waals surface area contributed by atoms with Crippen molar-refractivity contribution in [2.45, 2.75) is 52.1 Å². The summed E-state index contributed by atoms with van der Waals surface area (Å²) in [5.41, 5.74) is 0.359. The lowest BCUT2D eigenvalue weighted by Crippen LogP contribution is -2.35. The van der Waals surface area contributed by atoms with E-state index < -0.39 is 12.8 Å². The lowest BCUT2D eigenvalue weighted by molar-refractivity contribution is -0.173. The number of ether oxygens (including phenoxy) is 1. The molecular formula is C14H26F3NO. The van der Waals surface area contributed by atoms with E-state index in [1.54, 1.807) is 0 Å². The average molecular weight is 281 g/mol. The highest BCUT2D eigenvalue weighted by molar-refractivity contribution is 4.87. The van der Waals surface area contributed by atoms with Crippen LogP contribution in [0.2, 0.25) is 0 Å². The molecule has 2 nitrogen and oxygen atoms in total. The van der Waals surface area contributed by atoms with Gasteiger partial charge in [0.05, 0.1) is 6.61 Å². The molecule has 1 aliphatic rings. The van der Waals surface area contributed by atoms with E-state index in [0.717, 1.165) is 6.54 Å². The molecule has 1 saturated carbocycles. The highest BCUT2D eigenvalue weighted by Crippen LogP contribution is 2.42. The van der Waals surface area contributed by atoms with E-state index >= 15 is 0 Å². The van der Waals surface area contributed by atoms with Gasteiger partial charge in [0.25, 0.3) is 0 Å². The average Bonchev–Trinajstić information content (AvgIpc) is 2.69. The van der Waals surface area contributed by atoms with Crippen molar-refractivity contribution in [3.63, 3.8) is 0 Å². The first-order valence-corrected chi connectivity index (χ1v) is 7.18. The molecule has 1 rings (SSSR count). The molecule has 0 bridgehead atoms. The second kappa shape index (κ2) is 7.48. The Labute approximate surface area is 114 Å². The van der Waals surface area contributed by atoms with Gasteiger partial charge >= 0.3 is 6.18 Å². The van der Waals surface area contributed by atoms with Gasteiger partial charge in [0.1, 0.15) is 6.61 Å². The van der Waals surface area contributed by atoms with Gasteiger partial charge in [0.15, 0.2) is 0 Å². The van der Waals surface area contributed by atoms with Crippen LogP contribution in [0.3, 0.4) is 0 Å². The molecule has 5 heteroatoms. The summed E-state index contributed by atoms with van der Waals surface area (Å²) in [4.78, 5) is 0. The molecule has 0 amide bonds. The Balaban J connectivity index is 2.15. The number of halogens is 3. The fourth-order valence-electron chi connectivity index (χ4n) is 3.13. The molecule has 1 N–H and O–H groups in total. The third kappa shape index (κ3) is 7.16. The van der Waals surface area contributed by atoms with Crippen molar-refractivity contribution in [3.8, 4) is 0 Å². The Morgan fingerprint density at radius 3 is 2.37 bits per heavy atom. The maximum atomic E-state index is 11.9. The summed E-state index contributed by atoms with van der Waals surface area (Å²) in [5, 5.41) is 3.27. The number of alkyl halides is 3. The van der Waals surface area contributed by atoms with Crippen molar-refractivity contribution in [1.29, 1.82) is 0 Å². The normalized spacial score (nSPS) is 19.3. The van der Waals surface area contributed by atoms with Gasteiger partial charge in [-0.05, 0) is 30.6 Å². The van der Waals surface area contributed by atoms with Crippen LogP contribution < -0.4 is 5.32 Å². The van der Waals surface area contributed by atoms with Crippen LogP contribution in [-0.4, -0.2) is 32.5 Å². The van der Waals surface area contributed by atoms with Crippen LogP contribution in [0.25, 0.3) is 0 Å². The highest BCUT2D eigenvalue weighted by atomic mass is 19.4. The summed E-state index contributed by atoms with van der Waals surface area (Å²) in [6.45, 7) is 4.83. The molecule has 19 heavy (non-hydrogen) atoms. The van der Waals surface area contributed by atoms with Crippen molar-refractivity contribution in [2.24, 2.45) is 11.3 Å². The predicted octanol–water partition coefficient (Wildman–Crippen LogP) is 3.76. The molecule has 0 spiro atoms. The molecule has 0 heterocycles. The minimum absolute atomic E-state index is 0.122. The summed E-state index contributed by atoms with van der Waals surface area (Å²) < 4.78 is 40.2. The standard InChI is InChI=1S/C14H26F3NO/c1-12(2)9-13(5-3-4-6-13)10-18-7-8-19-11-14(15,16)17/h12,18H,3-11H2,1-2H3. The quantitative estimate of drug-likeness (QED) is 0.684. The monoisotopic (exact) mass is 281 g/mol. The Morgan fingerprint density at radius 2 is 1.84 bits per heavy atom. The first-order chi connectivity index (χ1) is 8.83. The van der Waals surface area contributed by atoms with Crippen molar-refractivity contribution >= 4 is 0 Å². The van der Waals surface area contributed by atoms with Crippen molar-refractivity contribution < 1.29 is 17.9 Å². The van der Waals surface area contributed by atoms with Gasteiger partial charge in [-0.2, -0.15) is 13.2 Å². The van der Waals surface area contributed by atoms with E-state index in [-0.39, 0.29) is 6.61 Å². The SMILES string of the molecule is CC(C)CC1(CNCCOCC(F)(F)F)CCCC1. The molecule has 1 aliphatic carbocycles. The van der Waals surface area contributed by atoms with Gasteiger partial charge in [0, 0.05) is 13.1 Å². The molecular weight excluding hydrogens is 255 g/mol. The van der Waals surface area contributed by atoms with Crippen LogP contribution >= 0.6 is 0 Å². The molecule has 0 saturated heterocycles. The topological polar surface area (TPSA) is 21.3 Å². The van der Waals surface area contributed by atoms with Crippen LogP contribution in [0.4, 0.5) is 13.2 Å². The lowest BCUT2D eigenvalue weighted by atomic mass is 9.78. The van der Waals surface area contributed by atoms with E-state index in [9.17, 15) is 13.2 Å². The first kappa shape index (κ1) is 16.8. The Kier molecular flexibility index (Phi) is 6.60. The number of nitrogens with one attached hydrogen (secondary N) is 1. The minimum atomic E-state index is -4.22. The zero-order chi connectivity index (χ0) is 14.4. The van der Waals surface area contributed by atoms with E-state index in [4.69, 9.17) is 0 Å². The summed E-state index contributed by atoms with van der Waals surface area (Å²) in [5.74, 6) is 0.668. The Bertz CT molecular complexity index is 248. The summed E-state index contributed by atoms with van der Waals surface area (Å²) in [6, 6.07) is 0. The molecule has 114 valence electrons. The molecule has 0 aromatic rings. The minimum Gasteiger partial charge on any atom is -0.371 e. The zero-order valence-electron chi connectivity index (χ0n) is 12.0. The second-order valence-electron chi connectivity index (χ2n) is 6.15. The van der Waals surface area contributed by atoms with Crippen molar-refractivity contribution in [1.82, 2.24) is 5.32 Å². The van der Waals surface area contributed by atoms with Gasteiger partial charge in [-0.25, -0.2) is 0 Å². The molecule has 0 aromatic heterocycles. The zero-order valence-corrected chi connectivity index (χ0v) is 12.0. The van der Waals surface area contributed by atoms with Crippen molar-refractivity contribution in [3.05, 3.63) is 0 Å². The smallest absolute Gasteiger partial charge is 0.371 e. The number of rotatable bonds is 8. The third-order valence-corrected chi connectivity index (χ3v) is 3.69. The van der Waals surface area contributed by atoms with Crippen LogP contribution in [0.5, 0.6) is 0 Å². The lowest BCUT2D eigenvalue weighted by Gasteiger charge is -2.31. The molecule has 0 unspecified atom stereocenters. The van der Waals surface area contributed by atoms with E-state index in [2.05, 4.69) is 23.9 Å². The summed E-state index contributed by atoms with van der Waals surface area (Å²) in [7, 11) is 0. The largest absolute Gasteiger partial charge is 0.411 e. The highest BCUT2D eigenvalue weighted by Gasteiger charge is 2.33. The van der Waals surface area contributed by atoms with Crippen LogP contribution in [-0.2, 0) is 4.74 Å². The van der Waals surface area contributed by atoms with Gasteiger partial charge < -0.3 is 10.1 Å². The van der Waals surface area contributed by atoms with Gasteiger partial charge in [-0.15, -0.1) is 0 Å². The molecule has 0 radical (unpaired) electrons. The maximum Gasteiger partial charge on any atom is 0.411 e. The van der Waals surface area contributed by atoms with Gasteiger partial charge in [-0.3, -0.25) is 0 Å². The van der Waals surface area contributed by atoms with Gasteiger partial charge in [-0.1, -0.05) is 26.7 Å². The maximum absolute atomic E-state index is 11.9. The van der Waals surface area contributed by atoms with Crippen LogP contribution in [0.15, 0.2) is 0 Å². The van der Waals surface area contributed by atoms with E-state index in [1.165, 1.54) is 32.1 Å². The Morgan fingerprint density at radius 1 is 1.21 bits per heavy atom. The second-order valence-corrected chi connectivity index (χ2v) is 6.15. The van der Waals surface area contributed by atoms with E-state index in [0.29, 0.717) is 17.9 Å². The first-order valence-electron chi connectivity index (χ1n) is 7.18. The number of hydrogen-bond donors (Lipinski definition) is 1. The van der Waals surface area contributed by atoms with Crippen molar-refractivity contribution in [2.75, 3.05) is 26.3 Å². The summed E-state index contributed by atoms with van der Waals surface area (Å²) >= 11 is 0. The molecule has 0 aliphatic heterocycles. The predicted molar refractivity (Wildman–Crippen MR) is 70.1 cm³/mol. The van der Waals surface area contributed by atoms with Crippen LogP contribution in [0, 0.1) is 11.3 Å². The fourth-order valence-corrected chi connectivity index (χ4v) is 3.13. The molecule has 0 aromatic carbocycles. The number of hydrogen-bond acceptors (Lipinski definition) is 2. The van der Waals surface area contributed by atoms with Gasteiger partial charge in [0.2, 0.25) is 0 Å². The fraction of sp³-hybridized carbons (Fsp3) is 1.00. The molecule has 0 atom stereocenters. The van der Waals surface area contributed by atoms with E-state index in [1.807, 2.05) is 0 Å². The molecule has 1 fully saturated rings.